The van der Waals surface area contributed by atoms with Crippen LogP contribution in [0.2, 0.25) is 5.15 Å². The van der Waals surface area contributed by atoms with E-state index in [1.807, 2.05) is 31.2 Å². The Bertz CT molecular complexity index is 519. The van der Waals surface area contributed by atoms with E-state index in [0.29, 0.717) is 11.0 Å². The Kier molecular flexibility index (Phi) is 3.60. The quantitative estimate of drug-likeness (QED) is 0.612. The number of hydrogen-bond donors (Lipinski definition) is 0. The molecular weight excluding hydrogens is 338 g/mol. The summed E-state index contributed by atoms with van der Waals surface area (Å²) in [7, 11) is 0. The normalized spacial score (nSPS) is 10.2. The maximum atomic E-state index is 5.89. The monoisotopic (exact) mass is 346 g/mol. The summed E-state index contributed by atoms with van der Waals surface area (Å²) < 4.78 is 6.70. The third kappa shape index (κ3) is 2.44. The van der Waals surface area contributed by atoms with Crippen molar-refractivity contribution in [2.45, 2.75) is 6.92 Å². The van der Waals surface area contributed by atoms with Gasteiger partial charge in [0.1, 0.15) is 17.2 Å². The maximum Gasteiger partial charge on any atom is 0.226 e. The zero-order valence-corrected chi connectivity index (χ0v) is 11.4. The summed E-state index contributed by atoms with van der Waals surface area (Å²) in [6.45, 7) is 1.83. The molecule has 0 saturated heterocycles. The van der Waals surface area contributed by atoms with E-state index >= 15 is 0 Å². The molecule has 0 aliphatic heterocycles. The van der Waals surface area contributed by atoms with Crippen LogP contribution in [0.25, 0.3) is 0 Å². The molecule has 0 bridgehead atoms. The largest absolute Gasteiger partial charge is 0.437 e. The van der Waals surface area contributed by atoms with Gasteiger partial charge in [-0.1, -0.05) is 23.7 Å². The molecular formula is C11H8ClIN2O. The van der Waals surface area contributed by atoms with Gasteiger partial charge in [0.05, 0.1) is 3.57 Å². The molecule has 0 amide bonds. The number of nitrogens with zero attached hydrogens (tertiary/aromatic N) is 2. The van der Waals surface area contributed by atoms with Gasteiger partial charge in [-0.15, -0.1) is 0 Å². The van der Waals surface area contributed by atoms with Gasteiger partial charge in [-0.05, 0) is 41.6 Å². The van der Waals surface area contributed by atoms with Crippen molar-refractivity contribution in [1.82, 2.24) is 9.97 Å². The Labute approximate surface area is 112 Å². The fraction of sp³-hybridized carbons (Fsp3) is 0.0909. The zero-order chi connectivity index (χ0) is 11.5. The Morgan fingerprint density at radius 2 is 2.00 bits per heavy atom. The molecule has 3 nitrogen and oxygen atoms in total. The Balaban J connectivity index is 2.35. The molecule has 0 unspecified atom stereocenters. The minimum Gasteiger partial charge on any atom is -0.437 e. The van der Waals surface area contributed by atoms with E-state index < -0.39 is 0 Å². The van der Waals surface area contributed by atoms with Gasteiger partial charge >= 0.3 is 0 Å². The summed E-state index contributed by atoms with van der Waals surface area (Å²) in [6, 6.07) is 7.72. The predicted molar refractivity (Wildman–Crippen MR) is 71.0 cm³/mol. The zero-order valence-electron chi connectivity index (χ0n) is 8.45. The summed E-state index contributed by atoms with van der Waals surface area (Å²) in [4.78, 5) is 7.93. The number of ether oxygens (including phenoxy) is 1. The molecule has 0 radical (unpaired) electrons. The van der Waals surface area contributed by atoms with Crippen LogP contribution >= 0.6 is 34.2 Å². The molecule has 1 aromatic heterocycles. The summed E-state index contributed by atoms with van der Waals surface area (Å²) in [5.41, 5.74) is 0.740. The second-order valence-corrected chi connectivity index (χ2v) is 4.65. The summed E-state index contributed by atoms with van der Waals surface area (Å²) >= 11 is 8.09. The number of aromatic nitrogens is 2. The number of para-hydroxylation sites is 1. The molecule has 0 atom stereocenters. The van der Waals surface area contributed by atoms with E-state index in [0.717, 1.165) is 14.9 Å². The Morgan fingerprint density at radius 3 is 2.75 bits per heavy atom. The van der Waals surface area contributed by atoms with E-state index in [9.17, 15) is 0 Å². The third-order valence-corrected chi connectivity index (χ3v) is 3.29. The molecule has 0 fully saturated rings. The van der Waals surface area contributed by atoms with Crippen LogP contribution in [-0.2, 0) is 0 Å². The Morgan fingerprint density at radius 1 is 1.25 bits per heavy atom. The van der Waals surface area contributed by atoms with Crippen LogP contribution in [0.4, 0.5) is 0 Å². The van der Waals surface area contributed by atoms with E-state index in [1.165, 1.54) is 6.33 Å². The van der Waals surface area contributed by atoms with Gasteiger partial charge in [-0.25, -0.2) is 9.97 Å². The molecule has 2 aromatic rings. The highest BCUT2D eigenvalue weighted by molar-refractivity contribution is 14.1. The topological polar surface area (TPSA) is 35.0 Å². The van der Waals surface area contributed by atoms with Crippen molar-refractivity contribution in [2.24, 2.45) is 0 Å². The molecule has 0 aliphatic carbocycles. The lowest BCUT2D eigenvalue weighted by atomic mass is 10.3. The number of rotatable bonds is 2. The first-order valence-corrected chi connectivity index (χ1v) is 6.03. The van der Waals surface area contributed by atoms with Crippen LogP contribution in [0.5, 0.6) is 11.6 Å². The molecule has 82 valence electrons. The summed E-state index contributed by atoms with van der Waals surface area (Å²) in [5.74, 6) is 1.25. The molecule has 5 heteroatoms. The van der Waals surface area contributed by atoms with Crippen LogP contribution in [0.3, 0.4) is 0 Å². The lowest BCUT2D eigenvalue weighted by Gasteiger charge is -2.08. The molecule has 0 N–H and O–H groups in total. The number of halogens is 2. The molecule has 0 spiro atoms. The van der Waals surface area contributed by atoms with Gasteiger partial charge in [0.2, 0.25) is 5.88 Å². The first-order chi connectivity index (χ1) is 7.68. The van der Waals surface area contributed by atoms with Gasteiger partial charge in [0.15, 0.2) is 0 Å². The minimum absolute atomic E-state index is 0.413. The van der Waals surface area contributed by atoms with Gasteiger partial charge in [0.25, 0.3) is 0 Å². The van der Waals surface area contributed by atoms with Crippen molar-refractivity contribution in [2.75, 3.05) is 0 Å². The van der Waals surface area contributed by atoms with Crippen LogP contribution in [0, 0.1) is 10.5 Å². The van der Waals surface area contributed by atoms with Crippen molar-refractivity contribution in [3.8, 4) is 11.6 Å². The lowest BCUT2D eigenvalue weighted by Crippen LogP contribution is -1.94. The number of hydrogen-bond acceptors (Lipinski definition) is 3. The first-order valence-electron chi connectivity index (χ1n) is 4.58. The van der Waals surface area contributed by atoms with Crippen LogP contribution < -0.4 is 4.74 Å². The van der Waals surface area contributed by atoms with Crippen LogP contribution in [-0.4, -0.2) is 9.97 Å². The van der Waals surface area contributed by atoms with Gasteiger partial charge in [-0.3, -0.25) is 0 Å². The molecule has 0 saturated carbocycles. The van der Waals surface area contributed by atoms with Gasteiger partial charge < -0.3 is 4.74 Å². The maximum absolute atomic E-state index is 5.89. The van der Waals surface area contributed by atoms with Crippen molar-refractivity contribution < 1.29 is 4.74 Å². The SMILES string of the molecule is Cc1c(Cl)ncnc1Oc1ccccc1I. The molecule has 1 heterocycles. The third-order valence-electron chi connectivity index (χ3n) is 2.02. The molecule has 0 aliphatic rings. The van der Waals surface area contributed by atoms with E-state index in [-0.39, 0.29) is 0 Å². The minimum atomic E-state index is 0.413. The highest BCUT2D eigenvalue weighted by atomic mass is 127. The van der Waals surface area contributed by atoms with Crippen molar-refractivity contribution in [1.29, 1.82) is 0 Å². The van der Waals surface area contributed by atoms with E-state index in [2.05, 4.69) is 32.6 Å². The summed E-state index contributed by atoms with van der Waals surface area (Å²) in [5, 5.41) is 0.413. The van der Waals surface area contributed by atoms with Crippen molar-refractivity contribution in [3.63, 3.8) is 0 Å². The Hall–Kier alpha value is -0.880. The van der Waals surface area contributed by atoms with Gasteiger partial charge in [0, 0.05) is 5.56 Å². The second-order valence-electron chi connectivity index (χ2n) is 3.13. The fourth-order valence-electron chi connectivity index (χ4n) is 1.15. The number of benzene rings is 1. The molecule has 16 heavy (non-hydrogen) atoms. The smallest absolute Gasteiger partial charge is 0.226 e. The summed E-state index contributed by atoms with van der Waals surface area (Å²) in [6.07, 6.45) is 1.39. The fourth-order valence-corrected chi connectivity index (χ4v) is 1.77. The standard InChI is InChI=1S/C11H8ClIN2O/c1-7-10(12)14-6-15-11(7)16-9-5-3-2-4-8(9)13/h2-6H,1H3. The second kappa shape index (κ2) is 4.97. The van der Waals surface area contributed by atoms with E-state index in [4.69, 9.17) is 16.3 Å². The van der Waals surface area contributed by atoms with Crippen molar-refractivity contribution >= 4 is 34.2 Å². The molecule has 1 aromatic carbocycles. The van der Waals surface area contributed by atoms with E-state index in [1.54, 1.807) is 0 Å². The average molecular weight is 347 g/mol. The van der Waals surface area contributed by atoms with Crippen LogP contribution in [0.15, 0.2) is 30.6 Å². The van der Waals surface area contributed by atoms with Crippen LogP contribution in [0.1, 0.15) is 5.56 Å². The first kappa shape index (κ1) is 11.6. The predicted octanol–water partition coefficient (Wildman–Crippen LogP) is 3.84. The highest BCUT2D eigenvalue weighted by Gasteiger charge is 2.08. The molecule has 2 rings (SSSR count). The van der Waals surface area contributed by atoms with Gasteiger partial charge in [-0.2, -0.15) is 0 Å². The van der Waals surface area contributed by atoms with Crippen molar-refractivity contribution in [3.05, 3.63) is 44.9 Å². The highest BCUT2D eigenvalue weighted by Crippen LogP contribution is 2.28. The average Bonchev–Trinajstić information content (AvgIpc) is 2.28. The lowest BCUT2D eigenvalue weighted by molar-refractivity contribution is 0.454.